The molecule has 7 heteroatoms. The van der Waals surface area contributed by atoms with Crippen LogP contribution in [0.15, 0.2) is 59.4 Å². The Morgan fingerprint density at radius 3 is 2.16 bits per heavy atom. The molecule has 1 heterocycles. The molecule has 0 bridgehead atoms. The first-order valence-electron chi connectivity index (χ1n) is 10.5. The Kier molecular flexibility index (Phi) is 6.39. The highest BCUT2D eigenvalue weighted by Gasteiger charge is 2.24. The van der Waals surface area contributed by atoms with Gasteiger partial charge in [0.05, 0.1) is 16.9 Å². The lowest BCUT2D eigenvalue weighted by molar-refractivity contribution is -0.123. The second kappa shape index (κ2) is 8.86. The summed E-state index contributed by atoms with van der Waals surface area (Å²) < 4.78 is 8.47. The summed E-state index contributed by atoms with van der Waals surface area (Å²) in [6.45, 7) is 9.48. The zero-order valence-electron chi connectivity index (χ0n) is 19.3. The number of carbonyl (C=O) groups excluding carboxylic acids is 2. The molecule has 0 radical (unpaired) electrons. The number of benzene rings is 2. The molecule has 0 saturated heterocycles. The highest BCUT2D eigenvalue weighted by Crippen LogP contribution is 2.22. The largest absolute Gasteiger partial charge is 0.449 e. The summed E-state index contributed by atoms with van der Waals surface area (Å²) in [6, 6.07) is 16.3. The van der Waals surface area contributed by atoms with Crippen LogP contribution < -0.4 is 10.9 Å². The highest BCUT2D eigenvalue weighted by atomic mass is 16.5. The van der Waals surface area contributed by atoms with E-state index < -0.39 is 18.0 Å². The van der Waals surface area contributed by atoms with Crippen molar-refractivity contribution < 1.29 is 14.3 Å². The maximum Gasteiger partial charge on any atom is 0.338 e. The number of amides is 1. The molecule has 1 unspecified atom stereocenters. The standard InChI is InChI=1S/C25H29N3O4/c1-16-21(23(30)28(27(16)6)20-10-8-7-9-11-20)26-22(29)17(2)32-24(31)18-12-14-19(15-13-18)25(3,4)5/h7-15,17H,1-6H3,(H,26,29). The molecule has 0 aliphatic rings. The summed E-state index contributed by atoms with van der Waals surface area (Å²) >= 11 is 0. The summed E-state index contributed by atoms with van der Waals surface area (Å²) in [4.78, 5) is 38.1. The van der Waals surface area contributed by atoms with Gasteiger partial charge in [0, 0.05) is 7.05 Å². The van der Waals surface area contributed by atoms with E-state index in [1.54, 1.807) is 30.8 Å². The molecule has 32 heavy (non-hydrogen) atoms. The Bertz CT molecular complexity index is 1180. The molecule has 3 aromatic rings. The smallest absolute Gasteiger partial charge is 0.338 e. The Hall–Kier alpha value is -3.61. The molecule has 0 aliphatic carbocycles. The van der Waals surface area contributed by atoms with Crippen LogP contribution in [0.3, 0.4) is 0 Å². The number of nitrogens with one attached hydrogen (secondary N) is 1. The fourth-order valence-electron chi connectivity index (χ4n) is 3.33. The number of anilines is 1. The lowest BCUT2D eigenvalue weighted by Gasteiger charge is -2.19. The fraction of sp³-hybridized carbons (Fsp3) is 0.320. The average molecular weight is 436 g/mol. The number of para-hydroxylation sites is 1. The summed E-state index contributed by atoms with van der Waals surface area (Å²) in [5.74, 6) is -1.17. The van der Waals surface area contributed by atoms with Gasteiger partial charge in [0.2, 0.25) is 0 Å². The average Bonchev–Trinajstić information content (AvgIpc) is 2.96. The number of nitrogens with zero attached hydrogens (tertiary/aromatic N) is 2. The maximum absolute atomic E-state index is 12.9. The zero-order valence-corrected chi connectivity index (χ0v) is 19.3. The quantitative estimate of drug-likeness (QED) is 0.615. The van der Waals surface area contributed by atoms with Crippen molar-refractivity contribution in [1.82, 2.24) is 9.36 Å². The van der Waals surface area contributed by atoms with Crippen molar-refractivity contribution in [2.24, 2.45) is 7.05 Å². The van der Waals surface area contributed by atoms with Crippen LogP contribution in [-0.2, 0) is 22.0 Å². The summed E-state index contributed by atoms with van der Waals surface area (Å²) in [7, 11) is 1.74. The van der Waals surface area contributed by atoms with E-state index in [1.165, 1.54) is 11.6 Å². The molecule has 0 aliphatic heterocycles. The molecule has 0 spiro atoms. The van der Waals surface area contributed by atoms with E-state index in [9.17, 15) is 14.4 Å². The molecule has 1 N–H and O–H groups in total. The SMILES string of the molecule is Cc1c(NC(=O)C(C)OC(=O)c2ccc(C(C)(C)C)cc2)c(=O)n(-c2ccccc2)n1C. The van der Waals surface area contributed by atoms with Crippen molar-refractivity contribution in [3.05, 3.63) is 81.8 Å². The Balaban J connectivity index is 1.74. The second-order valence-electron chi connectivity index (χ2n) is 8.80. The van der Waals surface area contributed by atoms with Crippen LogP contribution in [0.25, 0.3) is 5.69 Å². The number of hydrogen-bond acceptors (Lipinski definition) is 4. The Morgan fingerprint density at radius 2 is 1.59 bits per heavy atom. The first-order chi connectivity index (χ1) is 15.0. The third kappa shape index (κ3) is 4.66. The van der Waals surface area contributed by atoms with E-state index in [0.717, 1.165) is 5.56 Å². The van der Waals surface area contributed by atoms with Crippen molar-refractivity contribution in [3.8, 4) is 5.69 Å². The van der Waals surface area contributed by atoms with Crippen LogP contribution in [0, 0.1) is 6.92 Å². The van der Waals surface area contributed by atoms with Crippen LogP contribution in [-0.4, -0.2) is 27.3 Å². The number of rotatable bonds is 5. The molecule has 1 atom stereocenters. The minimum absolute atomic E-state index is 0.0319. The molecular formula is C25H29N3O4. The maximum atomic E-state index is 12.9. The number of carbonyl (C=O) groups is 2. The van der Waals surface area contributed by atoms with Crippen LogP contribution in [0.4, 0.5) is 5.69 Å². The topological polar surface area (TPSA) is 82.3 Å². The zero-order chi connectivity index (χ0) is 23.6. The first kappa shape index (κ1) is 23.1. The highest BCUT2D eigenvalue weighted by molar-refractivity contribution is 5.97. The normalized spacial score (nSPS) is 12.3. The van der Waals surface area contributed by atoms with E-state index in [0.29, 0.717) is 16.9 Å². The minimum atomic E-state index is -1.08. The number of aromatic nitrogens is 2. The minimum Gasteiger partial charge on any atom is -0.449 e. The van der Waals surface area contributed by atoms with Crippen molar-refractivity contribution >= 4 is 17.6 Å². The second-order valence-corrected chi connectivity index (χ2v) is 8.80. The van der Waals surface area contributed by atoms with Gasteiger partial charge in [0.1, 0.15) is 5.69 Å². The van der Waals surface area contributed by atoms with Gasteiger partial charge in [-0.15, -0.1) is 0 Å². The Labute approximate surface area is 187 Å². The van der Waals surface area contributed by atoms with Gasteiger partial charge in [0.15, 0.2) is 6.10 Å². The van der Waals surface area contributed by atoms with Crippen LogP contribution in [0.5, 0.6) is 0 Å². The van der Waals surface area contributed by atoms with Crippen LogP contribution in [0.2, 0.25) is 0 Å². The lowest BCUT2D eigenvalue weighted by Crippen LogP contribution is -2.32. The lowest BCUT2D eigenvalue weighted by atomic mass is 9.87. The summed E-state index contributed by atoms with van der Waals surface area (Å²) in [5, 5.41) is 2.62. The summed E-state index contributed by atoms with van der Waals surface area (Å²) in [5.41, 5.74) is 2.48. The van der Waals surface area contributed by atoms with Gasteiger partial charge in [-0.05, 0) is 49.1 Å². The van der Waals surface area contributed by atoms with Gasteiger partial charge >= 0.3 is 5.97 Å². The van der Waals surface area contributed by atoms with E-state index in [2.05, 4.69) is 26.1 Å². The third-order valence-corrected chi connectivity index (χ3v) is 5.44. The van der Waals surface area contributed by atoms with E-state index in [-0.39, 0.29) is 16.7 Å². The van der Waals surface area contributed by atoms with Crippen molar-refractivity contribution in [2.75, 3.05) is 5.32 Å². The molecule has 0 fully saturated rings. The van der Waals surface area contributed by atoms with Crippen LogP contribution in [0.1, 0.15) is 49.3 Å². The number of ether oxygens (including phenoxy) is 1. The summed E-state index contributed by atoms with van der Waals surface area (Å²) in [6.07, 6.45) is -1.08. The molecule has 0 saturated carbocycles. The molecule has 1 aromatic heterocycles. The first-order valence-corrected chi connectivity index (χ1v) is 10.5. The van der Waals surface area contributed by atoms with E-state index in [1.807, 2.05) is 42.5 Å². The van der Waals surface area contributed by atoms with E-state index in [4.69, 9.17) is 4.74 Å². The van der Waals surface area contributed by atoms with Gasteiger partial charge in [-0.1, -0.05) is 51.1 Å². The predicted octanol–water partition coefficient (Wildman–Crippen LogP) is 3.97. The number of esters is 1. The monoisotopic (exact) mass is 435 g/mol. The molecule has 168 valence electrons. The molecule has 1 amide bonds. The van der Waals surface area contributed by atoms with Crippen LogP contribution >= 0.6 is 0 Å². The Morgan fingerprint density at radius 1 is 1.00 bits per heavy atom. The van der Waals surface area contributed by atoms with Crippen molar-refractivity contribution in [3.63, 3.8) is 0 Å². The predicted molar refractivity (Wildman–Crippen MR) is 124 cm³/mol. The molecular weight excluding hydrogens is 406 g/mol. The fourth-order valence-corrected chi connectivity index (χ4v) is 3.33. The van der Waals surface area contributed by atoms with Gasteiger partial charge in [-0.3, -0.25) is 14.3 Å². The molecule has 3 rings (SSSR count). The third-order valence-electron chi connectivity index (χ3n) is 5.44. The molecule has 7 nitrogen and oxygen atoms in total. The van der Waals surface area contributed by atoms with E-state index >= 15 is 0 Å². The van der Waals surface area contributed by atoms with Gasteiger partial charge in [-0.25, -0.2) is 9.48 Å². The van der Waals surface area contributed by atoms with Crippen molar-refractivity contribution in [1.29, 1.82) is 0 Å². The van der Waals surface area contributed by atoms with Gasteiger partial charge in [-0.2, -0.15) is 0 Å². The number of hydrogen-bond donors (Lipinski definition) is 1. The van der Waals surface area contributed by atoms with Crippen molar-refractivity contribution in [2.45, 2.75) is 46.1 Å². The molecule has 2 aromatic carbocycles. The van der Waals surface area contributed by atoms with Gasteiger partial charge in [0.25, 0.3) is 11.5 Å². The van der Waals surface area contributed by atoms with Gasteiger partial charge < -0.3 is 10.1 Å².